The third-order valence-corrected chi connectivity index (χ3v) is 4.05. The molecule has 2 aromatic carbocycles. The van der Waals surface area contributed by atoms with Gasteiger partial charge in [-0.05, 0) is 48.5 Å². The van der Waals surface area contributed by atoms with E-state index in [9.17, 15) is 18.0 Å². The molecule has 136 valence electrons. The predicted octanol–water partition coefficient (Wildman–Crippen LogP) is 5.09. The molecule has 1 amide bonds. The molecule has 2 aromatic heterocycles. The molecule has 0 saturated carbocycles. The third kappa shape index (κ3) is 3.29. The largest absolute Gasteiger partial charge is 0.464 e. The summed E-state index contributed by atoms with van der Waals surface area (Å²) in [5.41, 5.74) is 0.457. The van der Waals surface area contributed by atoms with Crippen molar-refractivity contribution in [1.29, 1.82) is 0 Å². The quantitative estimate of drug-likeness (QED) is 0.527. The van der Waals surface area contributed by atoms with Crippen LogP contribution in [-0.2, 0) is 6.18 Å². The van der Waals surface area contributed by atoms with Crippen molar-refractivity contribution in [3.05, 3.63) is 72.0 Å². The number of fused-ring (bicyclic) bond motifs is 1. The fraction of sp³-hybridized carbons (Fsp3) is 0.0526. The van der Waals surface area contributed by atoms with Crippen LogP contribution in [0, 0.1) is 0 Å². The number of halogens is 3. The van der Waals surface area contributed by atoms with Gasteiger partial charge in [0.15, 0.2) is 5.82 Å². The number of nitrogens with one attached hydrogen (secondary N) is 2. The highest BCUT2D eigenvalue weighted by molar-refractivity contribution is 6.08. The fourth-order valence-corrected chi connectivity index (χ4v) is 2.72. The molecule has 0 unspecified atom stereocenters. The van der Waals surface area contributed by atoms with Crippen molar-refractivity contribution in [3.8, 4) is 11.3 Å². The Balaban J connectivity index is 1.65. The number of carbonyl (C=O) groups excluding carboxylic acids is 1. The summed E-state index contributed by atoms with van der Waals surface area (Å²) < 4.78 is 43.9. The van der Waals surface area contributed by atoms with Crippen LogP contribution < -0.4 is 5.32 Å². The van der Waals surface area contributed by atoms with Gasteiger partial charge in [-0.3, -0.25) is 9.89 Å². The van der Waals surface area contributed by atoms with Gasteiger partial charge in [-0.25, -0.2) is 0 Å². The van der Waals surface area contributed by atoms with Gasteiger partial charge < -0.3 is 9.73 Å². The van der Waals surface area contributed by atoms with E-state index in [1.54, 1.807) is 30.5 Å². The minimum Gasteiger partial charge on any atom is -0.464 e. The molecule has 0 spiro atoms. The van der Waals surface area contributed by atoms with E-state index < -0.39 is 17.6 Å². The van der Waals surface area contributed by atoms with E-state index in [0.717, 1.165) is 17.7 Å². The average Bonchev–Trinajstić information content (AvgIpc) is 3.31. The van der Waals surface area contributed by atoms with Crippen LogP contribution in [-0.4, -0.2) is 16.1 Å². The van der Waals surface area contributed by atoms with Gasteiger partial charge in [0.05, 0.1) is 17.3 Å². The number of H-pyrrole nitrogens is 1. The molecule has 27 heavy (non-hydrogen) atoms. The molecule has 0 fully saturated rings. The first-order valence-electron chi connectivity index (χ1n) is 7.92. The average molecular weight is 371 g/mol. The van der Waals surface area contributed by atoms with Crippen molar-refractivity contribution < 1.29 is 22.4 Å². The number of anilines is 1. The van der Waals surface area contributed by atoms with E-state index in [0.29, 0.717) is 16.7 Å². The molecule has 0 aliphatic rings. The summed E-state index contributed by atoms with van der Waals surface area (Å²) in [5.74, 6) is 0.187. The van der Waals surface area contributed by atoms with Gasteiger partial charge in [-0.1, -0.05) is 6.07 Å². The lowest BCUT2D eigenvalue weighted by molar-refractivity contribution is -0.137. The van der Waals surface area contributed by atoms with E-state index in [2.05, 4.69) is 15.5 Å². The Bertz CT molecular complexity index is 1110. The molecular formula is C19H12F3N3O2. The topological polar surface area (TPSA) is 70.9 Å². The molecule has 4 rings (SSSR count). The summed E-state index contributed by atoms with van der Waals surface area (Å²) in [5, 5.41) is 9.99. The molecular weight excluding hydrogens is 359 g/mol. The molecule has 4 aromatic rings. The third-order valence-electron chi connectivity index (χ3n) is 4.05. The molecule has 8 heteroatoms. The minimum absolute atomic E-state index is 0.108. The van der Waals surface area contributed by atoms with Crippen molar-refractivity contribution in [1.82, 2.24) is 10.2 Å². The Morgan fingerprint density at radius 2 is 1.93 bits per heavy atom. The predicted molar refractivity (Wildman–Crippen MR) is 93.2 cm³/mol. The van der Waals surface area contributed by atoms with Crippen LogP contribution in [0.3, 0.4) is 0 Å². The maximum Gasteiger partial charge on any atom is 0.416 e. The molecule has 0 aliphatic heterocycles. The van der Waals surface area contributed by atoms with Crippen LogP contribution in [0.4, 0.5) is 19.0 Å². The lowest BCUT2D eigenvalue weighted by Gasteiger charge is -2.08. The van der Waals surface area contributed by atoms with Crippen molar-refractivity contribution in [2.45, 2.75) is 6.18 Å². The number of rotatable bonds is 3. The van der Waals surface area contributed by atoms with E-state index in [1.807, 2.05) is 6.07 Å². The summed E-state index contributed by atoms with van der Waals surface area (Å²) in [7, 11) is 0. The Morgan fingerprint density at radius 1 is 1.07 bits per heavy atom. The van der Waals surface area contributed by atoms with Crippen LogP contribution >= 0.6 is 0 Å². The second kappa shape index (κ2) is 6.31. The van der Waals surface area contributed by atoms with Gasteiger partial charge >= 0.3 is 6.18 Å². The monoisotopic (exact) mass is 371 g/mol. The highest BCUT2D eigenvalue weighted by Crippen LogP contribution is 2.30. The standard InChI is InChI=1S/C19H12F3N3O2/c20-19(21,22)13-4-1-3-12(9-13)18(26)23-17-14-10-11(16-5-2-8-27-16)6-7-15(14)24-25-17/h1-10H,(H2,23,24,25,26). The van der Waals surface area contributed by atoms with Gasteiger partial charge in [-0.15, -0.1) is 0 Å². The first-order chi connectivity index (χ1) is 12.9. The second-order valence-corrected chi connectivity index (χ2v) is 5.84. The normalized spacial score (nSPS) is 11.7. The van der Waals surface area contributed by atoms with Gasteiger partial charge in [-0.2, -0.15) is 18.3 Å². The summed E-state index contributed by atoms with van der Waals surface area (Å²) in [4.78, 5) is 12.4. The summed E-state index contributed by atoms with van der Waals surface area (Å²) in [6.07, 6.45) is -2.97. The first kappa shape index (κ1) is 16.9. The molecule has 0 radical (unpaired) electrons. The highest BCUT2D eigenvalue weighted by atomic mass is 19.4. The number of carbonyl (C=O) groups is 1. The lowest BCUT2D eigenvalue weighted by Crippen LogP contribution is -2.14. The number of aromatic nitrogens is 2. The number of hydrogen-bond donors (Lipinski definition) is 2. The maximum atomic E-state index is 12.8. The molecule has 0 saturated heterocycles. The number of amides is 1. The van der Waals surface area contributed by atoms with Crippen LogP contribution in [0.25, 0.3) is 22.2 Å². The van der Waals surface area contributed by atoms with Crippen LogP contribution in [0.1, 0.15) is 15.9 Å². The number of furan rings is 1. The van der Waals surface area contributed by atoms with E-state index in [1.165, 1.54) is 12.1 Å². The van der Waals surface area contributed by atoms with Gasteiger partial charge in [0, 0.05) is 16.5 Å². The number of alkyl halides is 3. The molecule has 0 atom stereocenters. The fourth-order valence-electron chi connectivity index (χ4n) is 2.72. The molecule has 2 N–H and O–H groups in total. The van der Waals surface area contributed by atoms with Gasteiger partial charge in [0.1, 0.15) is 5.76 Å². The Morgan fingerprint density at radius 3 is 2.67 bits per heavy atom. The lowest BCUT2D eigenvalue weighted by atomic mass is 10.1. The van der Waals surface area contributed by atoms with Crippen molar-refractivity contribution in [3.63, 3.8) is 0 Å². The smallest absolute Gasteiger partial charge is 0.416 e. The van der Waals surface area contributed by atoms with Gasteiger partial charge in [0.25, 0.3) is 5.91 Å². The second-order valence-electron chi connectivity index (χ2n) is 5.84. The zero-order chi connectivity index (χ0) is 19.0. The van der Waals surface area contributed by atoms with Crippen molar-refractivity contribution in [2.24, 2.45) is 0 Å². The van der Waals surface area contributed by atoms with Crippen molar-refractivity contribution in [2.75, 3.05) is 5.32 Å². The molecule has 2 heterocycles. The molecule has 0 bridgehead atoms. The van der Waals surface area contributed by atoms with Gasteiger partial charge in [0.2, 0.25) is 0 Å². The Labute approximate surface area is 150 Å². The maximum absolute atomic E-state index is 12.8. The summed E-state index contributed by atoms with van der Waals surface area (Å²) in [6.45, 7) is 0. The summed E-state index contributed by atoms with van der Waals surface area (Å²) in [6, 6.07) is 13.2. The number of hydrogen-bond acceptors (Lipinski definition) is 3. The number of aromatic amines is 1. The zero-order valence-corrected chi connectivity index (χ0v) is 13.7. The van der Waals surface area contributed by atoms with Crippen molar-refractivity contribution >= 4 is 22.6 Å². The van der Waals surface area contributed by atoms with E-state index in [4.69, 9.17) is 4.42 Å². The highest BCUT2D eigenvalue weighted by Gasteiger charge is 2.31. The number of benzene rings is 2. The Kier molecular flexibility index (Phi) is 3.95. The molecule has 0 aliphatic carbocycles. The minimum atomic E-state index is -4.52. The SMILES string of the molecule is O=C(Nc1n[nH]c2ccc(-c3ccco3)cc12)c1cccc(C(F)(F)F)c1. The van der Waals surface area contributed by atoms with Crippen LogP contribution in [0.15, 0.2) is 65.3 Å². The number of nitrogens with zero attached hydrogens (tertiary/aromatic N) is 1. The Hall–Kier alpha value is -3.55. The summed E-state index contributed by atoms with van der Waals surface area (Å²) >= 11 is 0. The van der Waals surface area contributed by atoms with Crippen LogP contribution in [0.2, 0.25) is 0 Å². The van der Waals surface area contributed by atoms with E-state index in [-0.39, 0.29) is 11.4 Å². The van der Waals surface area contributed by atoms with Crippen LogP contribution in [0.5, 0.6) is 0 Å². The van der Waals surface area contributed by atoms with E-state index >= 15 is 0 Å². The molecule has 5 nitrogen and oxygen atoms in total. The first-order valence-corrected chi connectivity index (χ1v) is 7.92. The zero-order valence-electron chi connectivity index (χ0n) is 13.7.